The maximum absolute atomic E-state index is 15.0. The largest absolute Gasteiger partial charge is 0.206 e. The Hall–Kier alpha value is -6.95. The summed E-state index contributed by atoms with van der Waals surface area (Å²) in [5, 5.41) is 56.0. The fourth-order valence-electron chi connectivity index (χ4n) is 4.45. The molecule has 17 heteroatoms. The molecule has 0 aromatic heterocycles. The zero-order valence-corrected chi connectivity index (χ0v) is 21.9. The highest BCUT2D eigenvalue weighted by atomic mass is 19.2. The van der Waals surface area contributed by atoms with Crippen molar-refractivity contribution in [1.29, 1.82) is 31.6 Å². The molecule has 47 heavy (non-hydrogen) atoms. The van der Waals surface area contributed by atoms with Crippen LogP contribution in [0.15, 0.2) is 22.8 Å². The van der Waals surface area contributed by atoms with Gasteiger partial charge in [-0.2, -0.15) is 31.6 Å². The fraction of sp³-hybridized carbons (Fsp3) is 0. The molecule has 0 unspecified atom stereocenters. The minimum Gasteiger partial charge on any atom is -0.206 e. The second kappa shape index (κ2) is 11.9. The van der Waals surface area contributed by atoms with Crippen molar-refractivity contribution in [2.24, 2.45) is 0 Å². The molecule has 0 N–H and O–H groups in total. The second-order valence-electron chi connectivity index (χ2n) is 8.84. The summed E-state index contributed by atoms with van der Waals surface area (Å²) in [6.45, 7) is 0. The first-order valence-electron chi connectivity index (χ1n) is 11.7. The number of halogens is 11. The summed E-state index contributed by atoms with van der Waals surface area (Å²) in [4.78, 5) is 0. The van der Waals surface area contributed by atoms with Gasteiger partial charge in [0.05, 0.1) is 39.0 Å². The molecule has 0 radical (unpaired) electrons. The molecule has 1 aliphatic rings. The monoisotopic (exact) mass is 654 g/mol. The lowest BCUT2D eigenvalue weighted by Gasteiger charge is -2.08. The molecule has 1 aliphatic carbocycles. The Labute approximate surface area is 253 Å². The van der Waals surface area contributed by atoms with Crippen molar-refractivity contribution in [2.75, 3.05) is 0 Å². The summed E-state index contributed by atoms with van der Waals surface area (Å²) in [7, 11) is 0. The summed E-state index contributed by atoms with van der Waals surface area (Å²) >= 11 is 0. The van der Waals surface area contributed by atoms with Crippen molar-refractivity contribution >= 4 is 16.7 Å². The number of rotatable bonds is 3. The van der Waals surface area contributed by atoms with Crippen LogP contribution < -0.4 is 0 Å². The maximum atomic E-state index is 15.0. The van der Waals surface area contributed by atoms with Crippen LogP contribution in [-0.2, 0) is 0 Å². The standard InChI is InChI=1S/C30HF11N6/c31-14-1-8(2-42)21(32)26(37)15(14)9(3-43)16-17(10(4-44)19-27(38)22(33)12(6-46)23(34)28(19)39)18(16)11(5-45)20-29(40)24(35)13(7-47)25(36)30(20)41/h1H. The van der Waals surface area contributed by atoms with E-state index < -0.39 is 131 Å². The van der Waals surface area contributed by atoms with Crippen molar-refractivity contribution in [2.45, 2.75) is 0 Å². The van der Waals surface area contributed by atoms with Gasteiger partial charge in [-0.3, -0.25) is 0 Å². The highest BCUT2D eigenvalue weighted by Gasteiger charge is 2.46. The van der Waals surface area contributed by atoms with E-state index >= 15 is 22.0 Å². The molecule has 228 valence electrons. The third-order valence-electron chi connectivity index (χ3n) is 6.55. The molecule has 1 fully saturated rings. The highest BCUT2D eigenvalue weighted by Crippen LogP contribution is 2.57. The Morgan fingerprint density at radius 1 is 0.383 bits per heavy atom. The Balaban J connectivity index is 2.35. The summed E-state index contributed by atoms with van der Waals surface area (Å²) in [6.07, 6.45) is 0. The first-order valence-corrected chi connectivity index (χ1v) is 11.7. The molecule has 0 atom stereocenters. The summed E-state index contributed by atoms with van der Waals surface area (Å²) in [5.74, 6) is -25.8. The predicted molar refractivity (Wildman–Crippen MR) is 131 cm³/mol. The van der Waals surface area contributed by atoms with Crippen LogP contribution in [0.3, 0.4) is 0 Å². The van der Waals surface area contributed by atoms with Crippen molar-refractivity contribution < 1.29 is 48.3 Å². The molecule has 6 nitrogen and oxygen atoms in total. The quantitative estimate of drug-likeness (QED) is 0.168. The number of allylic oxidation sites excluding steroid dienone is 6. The van der Waals surface area contributed by atoms with E-state index in [9.17, 15) is 42.1 Å². The summed E-state index contributed by atoms with van der Waals surface area (Å²) in [6, 6.07) is 5.84. The third-order valence-corrected chi connectivity index (χ3v) is 6.55. The molecule has 0 bridgehead atoms. The number of hydrogen-bond donors (Lipinski definition) is 0. The van der Waals surface area contributed by atoms with E-state index in [0.717, 1.165) is 36.4 Å². The first-order chi connectivity index (χ1) is 22.2. The van der Waals surface area contributed by atoms with Gasteiger partial charge in [0.25, 0.3) is 0 Å². The zero-order chi connectivity index (χ0) is 35.2. The maximum Gasteiger partial charge on any atom is 0.180 e. The van der Waals surface area contributed by atoms with Gasteiger partial charge >= 0.3 is 0 Å². The summed E-state index contributed by atoms with van der Waals surface area (Å²) < 4.78 is 163. The molecular weight excluding hydrogens is 653 g/mol. The smallest absolute Gasteiger partial charge is 0.180 e. The minimum atomic E-state index is -2.47. The Kier molecular flexibility index (Phi) is 8.31. The van der Waals surface area contributed by atoms with Gasteiger partial charge in [0.1, 0.15) is 53.4 Å². The molecule has 0 spiro atoms. The number of benzene rings is 3. The second-order valence-corrected chi connectivity index (χ2v) is 8.84. The van der Waals surface area contributed by atoms with Crippen molar-refractivity contribution in [1.82, 2.24) is 0 Å². The topological polar surface area (TPSA) is 143 Å². The van der Waals surface area contributed by atoms with Crippen LogP contribution in [0.4, 0.5) is 48.3 Å². The predicted octanol–water partition coefficient (Wildman–Crippen LogP) is 7.08. The molecule has 3 aromatic carbocycles. The number of nitrogens with zero attached hydrogens (tertiary/aromatic N) is 6. The van der Waals surface area contributed by atoms with Gasteiger partial charge in [0.2, 0.25) is 0 Å². The van der Waals surface area contributed by atoms with Crippen molar-refractivity contribution in [3.63, 3.8) is 0 Å². The van der Waals surface area contributed by atoms with Gasteiger partial charge in [-0.05, 0) is 6.07 Å². The Morgan fingerprint density at radius 2 is 0.681 bits per heavy atom. The van der Waals surface area contributed by atoms with Crippen LogP contribution in [-0.4, -0.2) is 0 Å². The van der Waals surface area contributed by atoms with Crippen LogP contribution in [0.25, 0.3) is 16.7 Å². The third kappa shape index (κ3) is 4.68. The lowest BCUT2D eigenvalue weighted by Crippen LogP contribution is -2.06. The van der Waals surface area contributed by atoms with E-state index in [1.807, 2.05) is 0 Å². The van der Waals surface area contributed by atoms with Crippen molar-refractivity contribution in [3.8, 4) is 36.4 Å². The van der Waals surface area contributed by atoms with Gasteiger partial charge in [0.15, 0.2) is 58.2 Å². The van der Waals surface area contributed by atoms with E-state index in [0.29, 0.717) is 0 Å². The van der Waals surface area contributed by atoms with Crippen LogP contribution in [0.2, 0.25) is 0 Å². The number of nitriles is 6. The Bertz CT molecular complexity index is 2210. The van der Waals surface area contributed by atoms with Gasteiger partial charge < -0.3 is 0 Å². The zero-order valence-electron chi connectivity index (χ0n) is 21.9. The molecule has 0 saturated heterocycles. The lowest BCUT2D eigenvalue weighted by atomic mass is 9.99. The Morgan fingerprint density at radius 3 is 0.957 bits per heavy atom. The molecule has 0 aliphatic heterocycles. The molecular formula is C30HF11N6. The normalized spacial score (nSPS) is 13.8. The van der Waals surface area contributed by atoms with E-state index in [-0.39, 0.29) is 6.07 Å². The fourth-order valence-corrected chi connectivity index (χ4v) is 4.45. The lowest BCUT2D eigenvalue weighted by molar-refractivity contribution is 0.446. The van der Waals surface area contributed by atoms with E-state index in [2.05, 4.69) is 0 Å². The highest BCUT2D eigenvalue weighted by molar-refractivity contribution is 6.12. The molecule has 4 rings (SSSR count). The molecule has 0 heterocycles. The summed E-state index contributed by atoms with van der Waals surface area (Å²) in [5.41, 5.74) is -19.4. The number of hydrogen-bond acceptors (Lipinski definition) is 6. The average molecular weight is 654 g/mol. The van der Waals surface area contributed by atoms with Crippen LogP contribution in [0, 0.1) is 132 Å². The minimum absolute atomic E-state index is 0.0482. The van der Waals surface area contributed by atoms with Crippen molar-refractivity contribution in [3.05, 3.63) is 120 Å². The van der Waals surface area contributed by atoms with Crippen LogP contribution in [0.1, 0.15) is 33.4 Å². The van der Waals surface area contributed by atoms with Crippen LogP contribution in [0.5, 0.6) is 0 Å². The van der Waals surface area contributed by atoms with Gasteiger partial charge in [-0.1, -0.05) is 0 Å². The van der Waals surface area contributed by atoms with E-state index in [1.165, 1.54) is 0 Å². The SMILES string of the molecule is N#CC(=C1C(=C(C#N)c2c(F)c(F)c(C#N)c(F)c2F)C1=C(C#N)c1c(F)c(F)c(C#N)c(F)c1F)c1c(F)cc(C#N)c(F)c1F. The molecule has 1 saturated carbocycles. The van der Waals surface area contributed by atoms with Gasteiger partial charge in [-0.25, -0.2) is 48.3 Å². The van der Waals surface area contributed by atoms with E-state index in [1.54, 1.807) is 0 Å². The van der Waals surface area contributed by atoms with Gasteiger partial charge in [0, 0.05) is 16.7 Å². The molecule has 0 amide bonds. The van der Waals surface area contributed by atoms with Gasteiger partial charge in [-0.15, -0.1) is 0 Å². The average Bonchev–Trinajstić information content (AvgIpc) is 3.77. The van der Waals surface area contributed by atoms with Crippen LogP contribution >= 0.6 is 0 Å². The molecule has 3 aromatic rings. The van der Waals surface area contributed by atoms with E-state index in [4.69, 9.17) is 15.8 Å². The first kappa shape index (κ1) is 33.0.